The number of hydrogen-bond acceptors (Lipinski definition) is 5. The summed E-state index contributed by atoms with van der Waals surface area (Å²) in [6.45, 7) is 4.82. The molecule has 6 heteroatoms. The second kappa shape index (κ2) is 6.54. The van der Waals surface area contributed by atoms with Crippen molar-refractivity contribution in [2.45, 2.75) is 45.6 Å². The first-order valence-corrected chi connectivity index (χ1v) is 7.19. The van der Waals surface area contributed by atoms with E-state index in [9.17, 15) is 9.59 Å². The molecule has 1 saturated heterocycles. The Morgan fingerprint density at radius 2 is 2.30 bits per heavy atom. The molecule has 2 heterocycles. The van der Waals surface area contributed by atoms with Gasteiger partial charge >= 0.3 is 5.97 Å². The van der Waals surface area contributed by atoms with Crippen molar-refractivity contribution in [2.24, 2.45) is 0 Å². The van der Waals surface area contributed by atoms with Crippen LogP contribution in [0.15, 0.2) is 10.9 Å². The Morgan fingerprint density at radius 1 is 1.50 bits per heavy atom. The molecule has 2 rings (SSSR count). The maximum atomic E-state index is 12.0. The number of aryl methyl sites for hydroxylation is 1. The summed E-state index contributed by atoms with van der Waals surface area (Å²) in [5.41, 5.74) is -0.181. The lowest BCUT2D eigenvalue weighted by molar-refractivity contribution is -0.145. The highest BCUT2D eigenvalue weighted by molar-refractivity contribution is 5.79. The number of rotatable bonds is 4. The molecule has 1 aliphatic rings. The minimum atomic E-state index is -0.331. The third kappa shape index (κ3) is 3.18. The predicted octanol–water partition coefficient (Wildman–Crippen LogP) is 1.25. The van der Waals surface area contributed by atoms with Crippen molar-refractivity contribution in [3.8, 4) is 0 Å². The van der Waals surface area contributed by atoms with Gasteiger partial charge in [-0.25, -0.2) is 9.78 Å². The van der Waals surface area contributed by atoms with Crippen molar-refractivity contribution in [3.05, 3.63) is 22.2 Å². The Balaban J connectivity index is 2.29. The summed E-state index contributed by atoms with van der Waals surface area (Å²) >= 11 is 0. The number of hydrogen-bond donors (Lipinski definition) is 1. The fraction of sp³-hybridized carbons (Fsp3) is 0.643. The molecule has 1 aliphatic heterocycles. The fourth-order valence-corrected chi connectivity index (χ4v) is 2.50. The number of esters is 1. The normalized spacial score (nSPS) is 18.9. The molecule has 1 N–H and O–H groups in total. The molecule has 0 bridgehead atoms. The minimum Gasteiger partial charge on any atom is -0.464 e. The van der Waals surface area contributed by atoms with Gasteiger partial charge in [0, 0.05) is 19.0 Å². The van der Waals surface area contributed by atoms with E-state index in [0.29, 0.717) is 24.7 Å². The summed E-state index contributed by atoms with van der Waals surface area (Å²) in [5.74, 6) is 0.983. The number of H-pyrrole nitrogens is 1. The van der Waals surface area contributed by atoms with Gasteiger partial charge in [0.05, 0.1) is 6.61 Å². The van der Waals surface area contributed by atoms with Gasteiger partial charge in [0.2, 0.25) is 0 Å². The number of anilines is 1. The van der Waals surface area contributed by atoms with Crippen LogP contribution in [0.2, 0.25) is 0 Å². The van der Waals surface area contributed by atoms with Crippen LogP contribution in [0.1, 0.15) is 38.9 Å². The molecular formula is C14H21N3O3. The fourth-order valence-electron chi connectivity index (χ4n) is 2.50. The lowest BCUT2D eigenvalue weighted by Crippen LogP contribution is -2.46. The van der Waals surface area contributed by atoms with Crippen LogP contribution in [0.4, 0.5) is 5.82 Å². The number of carbonyl (C=O) groups excluding carboxylic acids is 1. The molecule has 0 aliphatic carbocycles. The molecule has 0 radical (unpaired) electrons. The van der Waals surface area contributed by atoms with E-state index in [1.165, 1.54) is 6.07 Å². The summed E-state index contributed by atoms with van der Waals surface area (Å²) in [6, 6.07) is 1.12. The minimum absolute atomic E-state index is 0.181. The molecule has 1 unspecified atom stereocenters. The van der Waals surface area contributed by atoms with Crippen LogP contribution in [0, 0.1) is 0 Å². The topological polar surface area (TPSA) is 75.3 Å². The maximum absolute atomic E-state index is 12.0. The van der Waals surface area contributed by atoms with E-state index in [1.54, 1.807) is 6.92 Å². The van der Waals surface area contributed by atoms with Gasteiger partial charge in [-0.3, -0.25) is 4.79 Å². The Bertz CT molecular complexity index is 527. The molecular weight excluding hydrogens is 258 g/mol. The van der Waals surface area contributed by atoms with Crippen LogP contribution in [0.5, 0.6) is 0 Å². The lowest BCUT2D eigenvalue weighted by atomic mass is 10.0. The zero-order valence-corrected chi connectivity index (χ0v) is 12.0. The predicted molar refractivity (Wildman–Crippen MR) is 75.9 cm³/mol. The van der Waals surface area contributed by atoms with Crippen LogP contribution in [-0.2, 0) is 16.0 Å². The number of carbonyl (C=O) groups is 1. The number of piperidine rings is 1. The average molecular weight is 279 g/mol. The molecule has 0 saturated carbocycles. The molecule has 0 amide bonds. The van der Waals surface area contributed by atoms with Crippen molar-refractivity contribution in [1.29, 1.82) is 0 Å². The van der Waals surface area contributed by atoms with Crippen molar-refractivity contribution in [3.63, 3.8) is 0 Å². The Labute approximate surface area is 118 Å². The zero-order valence-electron chi connectivity index (χ0n) is 12.0. The van der Waals surface area contributed by atoms with Crippen molar-refractivity contribution >= 4 is 11.8 Å². The Kier molecular flexibility index (Phi) is 4.76. The maximum Gasteiger partial charge on any atom is 0.328 e. The van der Waals surface area contributed by atoms with E-state index >= 15 is 0 Å². The highest BCUT2D eigenvalue weighted by atomic mass is 16.5. The van der Waals surface area contributed by atoms with E-state index in [4.69, 9.17) is 4.74 Å². The van der Waals surface area contributed by atoms with Gasteiger partial charge in [0.15, 0.2) is 0 Å². The van der Waals surface area contributed by atoms with Crippen molar-refractivity contribution in [1.82, 2.24) is 9.97 Å². The van der Waals surface area contributed by atoms with E-state index in [0.717, 1.165) is 25.8 Å². The SMILES string of the molecule is CCOC(=O)C1CCCCN1c1cc(=O)[nH]c(CC)n1. The molecule has 110 valence electrons. The molecule has 1 aromatic heterocycles. The van der Waals surface area contributed by atoms with Gasteiger partial charge in [-0.1, -0.05) is 6.92 Å². The summed E-state index contributed by atoms with van der Waals surface area (Å²) in [6.07, 6.45) is 3.38. The molecule has 0 spiro atoms. The average Bonchev–Trinajstić information content (AvgIpc) is 2.46. The first-order valence-electron chi connectivity index (χ1n) is 7.19. The van der Waals surface area contributed by atoms with Gasteiger partial charge in [-0.15, -0.1) is 0 Å². The number of aromatic nitrogens is 2. The second-order valence-corrected chi connectivity index (χ2v) is 4.86. The number of ether oxygens (including phenoxy) is 1. The van der Waals surface area contributed by atoms with Gasteiger partial charge < -0.3 is 14.6 Å². The van der Waals surface area contributed by atoms with Crippen LogP contribution >= 0.6 is 0 Å². The van der Waals surface area contributed by atoms with Gasteiger partial charge in [-0.2, -0.15) is 0 Å². The van der Waals surface area contributed by atoms with Crippen LogP contribution in [0.3, 0.4) is 0 Å². The lowest BCUT2D eigenvalue weighted by Gasteiger charge is -2.34. The van der Waals surface area contributed by atoms with Crippen LogP contribution in [0.25, 0.3) is 0 Å². The van der Waals surface area contributed by atoms with E-state index < -0.39 is 0 Å². The number of nitrogens with zero attached hydrogens (tertiary/aromatic N) is 2. The monoisotopic (exact) mass is 279 g/mol. The van der Waals surface area contributed by atoms with Gasteiger partial charge in [-0.05, 0) is 26.2 Å². The van der Waals surface area contributed by atoms with Crippen LogP contribution in [-0.4, -0.2) is 35.1 Å². The van der Waals surface area contributed by atoms with Crippen molar-refractivity contribution in [2.75, 3.05) is 18.1 Å². The summed E-state index contributed by atoms with van der Waals surface area (Å²) < 4.78 is 5.13. The molecule has 0 aromatic carbocycles. The third-order valence-corrected chi connectivity index (χ3v) is 3.47. The highest BCUT2D eigenvalue weighted by Crippen LogP contribution is 2.23. The third-order valence-electron chi connectivity index (χ3n) is 3.47. The highest BCUT2D eigenvalue weighted by Gasteiger charge is 2.31. The van der Waals surface area contributed by atoms with Crippen LogP contribution < -0.4 is 10.5 Å². The second-order valence-electron chi connectivity index (χ2n) is 4.86. The standard InChI is InChI=1S/C14H21N3O3/c1-3-11-15-12(9-13(18)16-11)17-8-6-5-7-10(17)14(19)20-4-2/h9-10H,3-8H2,1-2H3,(H,15,16,18). The Morgan fingerprint density at radius 3 is 3.00 bits per heavy atom. The number of nitrogens with one attached hydrogen (secondary N) is 1. The van der Waals surface area contributed by atoms with E-state index in [1.807, 2.05) is 11.8 Å². The number of aromatic amines is 1. The van der Waals surface area contributed by atoms with E-state index in [-0.39, 0.29) is 17.6 Å². The first-order chi connectivity index (χ1) is 9.65. The molecule has 1 atom stereocenters. The van der Waals surface area contributed by atoms with E-state index in [2.05, 4.69) is 9.97 Å². The molecule has 1 fully saturated rings. The summed E-state index contributed by atoms with van der Waals surface area (Å²) in [4.78, 5) is 32.7. The smallest absolute Gasteiger partial charge is 0.328 e. The zero-order chi connectivity index (χ0) is 14.5. The first kappa shape index (κ1) is 14.6. The quantitative estimate of drug-likeness (QED) is 0.840. The summed E-state index contributed by atoms with van der Waals surface area (Å²) in [5, 5.41) is 0. The summed E-state index contributed by atoms with van der Waals surface area (Å²) in [7, 11) is 0. The largest absolute Gasteiger partial charge is 0.464 e. The molecule has 6 nitrogen and oxygen atoms in total. The molecule has 1 aromatic rings. The van der Waals surface area contributed by atoms with Gasteiger partial charge in [0.25, 0.3) is 5.56 Å². The molecule has 20 heavy (non-hydrogen) atoms. The van der Waals surface area contributed by atoms with Gasteiger partial charge in [0.1, 0.15) is 17.7 Å². The Hall–Kier alpha value is -1.85. The van der Waals surface area contributed by atoms with Crippen molar-refractivity contribution < 1.29 is 9.53 Å².